The van der Waals surface area contributed by atoms with Crippen molar-refractivity contribution < 1.29 is 14.7 Å². The zero-order valence-corrected chi connectivity index (χ0v) is 10.3. The fraction of sp³-hybridized carbons (Fsp3) is 0.364. The van der Waals surface area contributed by atoms with E-state index in [1.54, 1.807) is 11.0 Å². The SMILES string of the molecule is O=C(O)N1CCN(C(=O)c2ccnc(Cl)c2)CC1. The summed E-state index contributed by atoms with van der Waals surface area (Å²) in [5.41, 5.74) is 0.471. The number of nitrogens with zero attached hydrogens (tertiary/aromatic N) is 3. The molecule has 2 amide bonds. The lowest BCUT2D eigenvalue weighted by Crippen LogP contribution is -2.50. The first-order valence-corrected chi connectivity index (χ1v) is 5.84. The Morgan fingerprint density at radius 2 is 1.83 bits per heavy atom. The second-order valence-corrected chi connectivity index (χ2v) is 4.32. The van der Waals surface area contributed by atoms with Crippen molar-refractivity contribution in [2.75, 3.05) is 26.2 Å². The maximum Gasteiger partial charge on any atom is 0.407 e. The Morgan fingerprint density at radius 1 is 1.22 bits per heavy atom. The Kier molecular flexibility index (Phi) is 3.66. The lowest BCUT2D eigenvalue weighted by molar-refractivity contribution is 0.0624. The number of carboxylic acid groups (broad SMARTS) is 1. The van der Waals surface area contributed by atoms with E-state index in [-0.39, 0.29) is 11.1 Å². The van der Waals surface area contributed by atoms with Crippen LogP contribution < -0.4 is 0 Å². The number of halogens is 1. The molecule has 0 spiro atoms. The third-order valence-electron chi connectivity index (χ3n) is 2.81. The van der Waals surface area contributed by atoms with Gasteiger partial charge in [0.05, 0.1) is 0 Å². The molecule has 1 aromatic heterocycles. The van der Waals surface area contributed by atoms with E-state index in [9.17, 15) is 9.59 Å². The molecule has 96 valence electrons. The van der Waals surface area contributed by atoms with Crippen molar-refractivity contribution in [1.29, 1.82) is 0 Å². The van der Waals surface area contributed by atoms with Crippen molar-refractivity contribution in [3.8, 4) is 0 Å². The van der Waals surface area contributed by atoms with Crippen LogP contribution in [0.25, 0.3) is 0 Å². The summed E-state index contributed by atoms with van der Waals surface area (Å²) >= 11 is 5.72. The molecule has 0 atom stereocenters. The number of amides is 2. The van der Waals surface area contributed by atoms with E-state index in [1.807, 2.05) is 0 Å². The molecule has 6 nitrogen and oxygen atoms in total. The summed E-state index contributed by atoms with van der Waals surface area (Å²) in [5, 5.41) is 9.08. The molecule has 18 heavy (non-hydrogen) atoms. The van der Waals surface area contributed by atoms with Crippen LogP contribution in [0.5, 0.6) is 0 Å². The summed E-state index contributed by atoms with van der Waals surface area (Å²) in [6, 6.07) is 3.10. The van der Waals surface area contributed by atoms with Crippen molar-refractivity contribution in [3.05, 3.63) is 29.0 Å². The second kappa shape index (κ2) is 5.22. The summed E-state index contributed by atoms with van der Waals surface area (Å²) in [6.07, 6.45) is 0.525. The summed E-state index contributed by atoms with van der Waals surface area (Å²) in [6.45, 7) is 1.45. The number of hydrogen-bond donors (Lipinski definition) is 1. The van der Waals surface area contributed by atoms with Crippen LogP contribution in [0.15, 0.2) is 18.3 Å². The average molecular weight is 270 g/mol. The van der Waals surface area contributed by atoms with Gasteiger partial charge in [0.2, 0.25) is 0 Å². The van der Waals surface area contributed by atoms with Crippen LogP contribution in [0.1, 0.15) is 10.4 Å². The van der Waals surface area contributed by atoms with Crippen LogP contribution in [-0.4, -0.2) is 58.1 Å². The number of hydrogen-bond acceptors (Lipinski definition) is 3. The van der Waals surface area contributed by atoms with E-state index < -0.39 is 6.09 Å². The largest absolute Gasteiger partial charge is 0.465 e. The molecule has 1 aliphatic rings. The predicted molar refractivity (Wildman–Crippen MR) is 64.7 cm³/mol. The molecule has 0 aliphatic carbocycles. The Balaban J connectivity index is 2.02. The number of pyridine rings is 1. The number of carbonyl (C=O) groups excluding carboxylic acids is 1. The highest BCUT2D eigenvalue weighted by Crippen LogP contribution is 2.12. The molecule has 0 saturated carbocycles. The van der Waals surface area contributed by atoms with Crippen molar-refractivity contribution in [2.45, 2.75) is 0 Å². The number of carbonyl (C=O) groups is 2. The highest BCUT2D eigenvalue weighted by molar-refractivity contribution is 6.29. The van der Waals surface area contributed by atoms with Crippen molar-refractivity contribution in [3.63, 3.8) is 0 Å². The smallest absolute Gasteiger partial charge is 0.407 e. The van der Waals surface area contributed by atoms with Gasteiger partial charge in [-0.05, 0) is 12.1 Å². The predicted octanol–water partition coefficient (Wildman–Crippen LogP) is 1.17. The molecule has 0 radical (unpaired) electrons. The Morgan fingerprint density at radius 3 is 2.39 bits per heavy atom. The topological polar surface area (TPSA) is 73.7 Å². The quantitative estimate of drug-likeness (QED) is 0.777. The zero-order valence-electron chi connectivity index (χ0n) is 9.54. The third kappa shape index (κ3) is 2.70. The minimum absolute atomic E-state index is 0.149. The van der Waals surface area contributed by atoms with E-state index in [4.69, 9.17) is 16.7 Å². The Hall–Kier alpha value is -1.82. The van der Waals surface area contributed by atoms with Crippen LogP contribution in [0.2, 0.25) is 5.15 Å². The van der Waals surface area contributed by atoms with Gasteiger partial charge in [0.15, 0.2) is 0 Å². The van der Waals surface area contributed by atoms with E-state index in [0.717, 1.165) is 0 Å². The fourth-order valence-electron chi connectivity index (χ4n) is 1.82. The molecule has 0 unspecified atom stereocenters. The van der Waals surface area contributed by atoms with E-state index in [0.29, 0.717) is 31.7 Å². The summed E-state index contributed by atoms with van der Waals surface area (Å²) in [7, 11) is 0. The molecule has 7 heteroatoms. The molecule has 0 bridgehead atoms. The molecular formula is C11H12ClN3O3. The van der Waals surface area contributed by atoms with Crippen molar-refractivity contribution in [1.82, 2.24) is 14.8 Å². The Labute approximate surface area is 109 Å². The maximum absolute atomic E-state index is 12.1. The van der Waals surface area contributed by atoms with Gasteiger partial charge in [0.1, 0.15) is 5.15 Å². The van der Waals surface area contributed by atoms with Crippen LogP contribution in [0.4, 0.5) is 4.79 Å². The summed E-state index contributed by atoms with van der Waals surface area (Å²) in [4.78, 5) is 29.6. The Bertz CT molecular complexity index is 472. The van der Waals surface area contributed by atoms with E-state index >= 15 is 0 Å². The monoisotopic (exact) mass is 269 g/mol. The minimum Gasteiger partial charge on any atom is -0.465 e. The van der Waals surface area contributed by atoms with Gasteiger partial charge < -0.3 is 14.9 Å². The van der Waals surface area contributed by atoms with Crippen LogP contribution in [0, 0.1) is 0 Å². The summed E-state index contributed by atoms with van der Waals surface area (Å²) in [5.74, 6) is -0.149. The maximum atomic E-state index is 12.1. The normalized spacial score (nSPS) is 15.6. The standard InChI is InChI=1S/C11H12ClN3O3/c12-9-7-8(1-2-13-9)10(16)14-3-5-15(6-4-14)11(17)18/h1-2,7H,3-6H2,(H,17,18). The van der Waals surface area contributed by atoms with Gasteiger partial charge in [-0.2, -0.15) is 0 Å². The van der Waals surface area contributed by atoms with Crippen molar-refractivity contribution >= 4 is 23.6 Å². The molecule has 2 heterocycles. The van der Waals surface area contributed by atoms with Gasteiger partial charge in [0, 0.05) is 37.9 Å². The third-order valence-corrected chi connectivity index (χ3v) is 3.02. The molecule has 0 aromatic carbocycles. The van der Waals surface area contributed by atoms with E-state index in [1.165, 1.54) is 17.2 Å². The van der Waals surface area contributed by atoms with Gasteiger partial charge in [-0.3, -0.25) is 4.79 Å². The molecule has 2 rings (SSSR count). The second-order valence-electron chi connectivity index (χ2n) is 3.93. The molecule has 1 saturated heterocycles. The molecule has 1 aliphatic heterocycles. The number of rotatable bonds is 1. The lowest BCUT2D eigenvalue weighted by Gasteiger charge is -2.33. The fourth-order valence-corrected chi connectivity index (χ4v) is 1.99. The minimum atomic E-state index is -0.950. The van der Waals surface area contributed by atoms with Crippen LogP contribution in [-0.2, 0) is 0 Å². The summed E-state index contributed by atoms with van der Waals surface area (Å²) < 4.78 is 0. The van der Waals surface area contributed by atoms with Crippen LogP contribution in [0.3, 0.4) is 0 Å². The highest BCUT2D eigenvalue weighted by Gasteiger charge is 2.24. The highest BCUT2D eigenvalue weighted by atomic mass is 35.5. The average Bonchev–Trinajstić information content (AvgIpc) is 2.38. The van der Waals surface area contributed by atoms with Gasteiger partial charge >= 0.3 is 6.09 Å². The lowest BCUT2D eigenvalue weighted by atomic mass is 10.2. The molecular weight excluding hydrogens is 258 g/mol. The van der Waals surface area contributed by atoms with Gasteiger partial charge in [0.25, 0.3) is 5.91 Å². The number of piperazine rings is 1. The van der Waals surface area contributed by atoms with Crippen molar-refractivity contribution in [2.24, 2.45) is 0 Å². The molecule has 1 aromatic rings. The zero-order chi connectivity index (χ0) is 13.1. The van der Waals surface area contributed by atoms with Gasteiger partial charge in [-0.25, -0.2) is 9.78 Å². The van der Waals surface area contributed by atoms with E-state index in [2.05, 4.69) is 4.98 Å². The first kappa shape index (κ1) is 12.6. The first-order valence-electron chi connectivity index (χ1n) is 5.46. The van der Waals surface area contributed by atoms with Gasteiger partial charge in [-0.1, -0.05) is 11.6 Å². The molecule has 1 N–H and O–H groups in total. The molecule has 1 fully saturated rings. The number of aromatic nitrogens is 1. The van der Waals surface area contributed by atoms with Crippen LogP contribution >= 0.6 is 11.6 Å². The first-order chi connectivity index (χ1) is 8.58. The van der Waals surface area contributed by atoms with Gasteiger partial charge in [-0.15, -0.1) is 0 Å².